The molecule has 0 radical (unpaired) electrons. The predicted octanol–water partition coefficient (Wildman–Crippen LogP) is 3.20. The van der Waals surface area contributed by atoms with Gasteiger partial charge in [0.2, 0.25) is 0 Å². The highest BCUT2D eigenvalue weighted by Crippen LogP contribution is 2.25. The van der Waals surface area contributed by atoms with Gasteiger partial charge in [-0.3, -0.25) is 9.88 Å². The first kappa shape index (κ1) is 14.9. The fourth-order valence-electron chi connectivity index (χ4n) is 2.60. The average Bonchev–Trinajstić information content (AvgIpc) is 2.43. The molecule has 2 rings (SSSR count). The van der Waals surface area contributed by atoms with Gasteiger partial charge in [-0.15, -0.1) is 0 Å². The van der Waals surface area contributed by atoms with Crippen LogP contribution in [0.1, 0.15) is 39.3 Å². The molecule has 1 aliphatic rings. The summed E-state index contributed by atoms with van der Waals surface area (Å²) in [6.45, 7) is 10.00. The third kappa shape index (κ3) is 3.56. The number of hydrogen-bond acceptors (Lipinski definition) is 3. The summed E-state index contributed by atoms with van der Waals surface area (Å²) in [6, 6.07) is 4.80. The van der Waals surface area contributed by atoms with E-state index >= 15 is 0 Å². The van der Waals surface area contributed by atoms with E-state index in [-0.39, 0.29) is 5.54 Å². The quantitative estimate of drug-likeness (QED) is 0.921. The summed E-state index contributed by atoms with van der Waals surface area (Å²) in [5.41, 5.74) is 1.39. The van der Waals surface area contributed by atoms with E-state index in [1.54, 1.807) is 0 Å². The molecule has 2 atom stereocenters. The summed E-state index contributed by atoms with van der Waals surface area (Å²) in [5.74, 6) is 0. The van der Waals surface area contributed by atoms with Crippen molar-refractivity contribution in [3.05, 3.63) is 28.5 Å². The zero-order chi connectivity index (χ0) is 13.9. The van der Waals surface area contributed by atoms with Gasteiger partial charge in [0.15, 0.2) is 0 Å². The number of nitrogens with zero attached hydrogens (tertiary/aromatic N) is 2. The summed E-state index contributed by atoms with van der Waals surface area (Å²) < 4.78 is 1.04. The second kappa shape index (κ2) is 6.33. The molecule has 1 aliphatic heterocycles. The topological polar surface area (TPSA) is 28.2 Å². The molecule has 0 bridgehead atoms. The van der Waals surface area contributed by atoms with Crippen LogP contribution in [0.15, 0.2) is 22.8 Å². The Kier molecular flexibility index (Phi) is 4.98. The third-order valence-corrected chi connectivity index (χ3v) is 4.84. The Morgan fingerprint density at radius 1 is 1.47 bits per heavy atom. The van der Waals surface area contributed by atoms with Crippen LogP contribution in [-0.2, 0) is 6.54 Å². The Labute approximate surface area is 124 Å². The van der Waals surface area contributed by atoms with Crippen molar-refractivity contribution < 1.29 is 0 Å². The normalized spacial score (nSPS) is 28.5. The maximum Gasteiger partial charge on any atom is 0.0545 e. The molecule has 0 saturated carbocycles. The molecule has 0 aromatic carbocycles. The molecule has 2 unspecified atom stereocenters. The van der Waals surface area contributed by atoms with Gasteiger partial charge in [-0.25, -0.2) is 0 Å². The first-order valence-electron chi connectivity index (χ1n) is 7.16. The van der Waals surface area contributed by atoms with Crippen LogP contribution < -0.4 is 5.32 Å². The molecule has 0 spiro atoms. The number of piperazine rings is 1. The lowest BCUT2D eigenvalue weighted by atomic mass is 9.91. The molecule has 2 heterocycles. The van der Waals surface area contributed by atoms with Crippen LogP contribution in [0.2, 0.25) is 0 Å². The Morgan fingerprint density at radius 3 is 2.84 bits per heavy atom. The van der Waals surface area contributed by atoms with Crippen molar-refractivity contribution in [1.82, 2.24) is 15.2 Å². The lowest BCUT2D eigenvalue weighted by Gasteiger charge is -2.47. The van der Waals surface area contributed by atoms with Crippen LogP contribution in [0.3, 0.4) is 0 Å². The van der Waals surface area contributed by atoms with Gasteiger partial charge < -0.3 is 5.32 Å². The fraction of sp³-hybridized carbons (Fsp3) is 0.667. The molecule has 0 amide bonds. The summed E-state index contributed by atoms with van der Waals surface area (Å²) in [7, 11) is 0. The minimum Gasteiger partial charge on any atom is -0.311 e. The number of halogens is 1. The number of pyridine rings is 1. The Balaban J connectivity index is 2.11. The highest BCUT2D eigenvalue weighted by molar-refractivity contribution is 9.10. The molecule has 1 fully saturated rings. The molecular formula is C15H24BrN3. The smallest absolute Gasteiger partial charge is 0.0545 e. The Bertz CT molecular complexity index is 406. The van der Waals surface area contributed by atoms with Crippen LogP contribution in [0.4, 0.5) is 0 Å². The molecule has 1 N–H and O–H groups in total. The van der Waals surface area contributed by atoms with Crippen LogP contribution in [0.5, 0.6) is 0 Å². The van der Waals surface area contributed by atoms with E-state index in [4.69, 9.17) is 0 Å². The maximum atomic E-state index is 4.51. The third-order valence-electron chi connectivity index (χ3n) is 4.37. The zero-order valence-corrected chi connectivity index (χ0v) is 13.7. The summed E-state index contributed by atoms with van der Waals surface area (Å²) in [5, 5.41) is 3.67. The maximum absolute atomic E-state index is 4.51. The van der Waals surface area contributed by atoms with Crippen molar-refractivity contribution >= 4 is 15.9 Å². The van der Waals surface area contributed by atoms with Crippen molar-refractivity contribution in [2.45, 2.75) is 51.7 Å². The van der Waals surface area contributed by atoms with Crippen LogP contribution in [-0.4, -0.2) is 34.6 Å². The minimum absolute atomic E-state index is 0.237. The zero-order valence-electron chi connectivity index (χ0n) is 12.1. The second-order valence-electron chi connectivity index (χ2n) is 5.68. The largest absolute Gasteiger partial charge is 0.311 e. The number of hydrogen-bond donors (Lipinski definition) is 1. The second-order valence-corrected chi connectivity index (χ2v) is 6.60. The van der Waals surface area contributed by atoms with Gasteiger partial charge in [-0.2, -0.15) is 0 Å². The standard InChI is InChI=1S/C15H24BrN3/c1-4-13-9-19(15(3,5-2)11-18-13)10-14-7-6-12(16)8-17-14/h6-8,13,18H,4-5,9-11H2,1-3H3. The average molecular weight is 326 g/mol. The lowest BCUT2D eigenvalue weighted by Crippen LogP contribution is -2.62. The highest BCUT2D eigenvalue weighted by Gasteiger charge is 2.35. The molecule has 3 nitrogen and oxygen atoms in total. The summed E-state index contributed by atoms with van der Waals surface area (Å²) >= 11 is 3.44. The first-order valence-corrected chi connectivity index (χ1v) is 7.95. The Hall–Kier alpha value is -0.450. The number of rotatable bonds is 4. The number of nitrogens with one attached hydrogen (secondary N) is 1. The molecule has 106 valence electrons. The van der Waals surface area contributed by atoms with E-state index in [9.17, 15) is 0 Å². The molecular weight excluding hydrogens is 302 g/mol. The van der Waals surface area contributed by atoms with Crippen LogP contribution in [0, 0.1) is 0 Å². The summed E-state index contributed by atoms with van der Waals surface area (Å²) in [6.07, 6.45) is 4.23. The van der Waals surface area contributed by atoms with E-state index in [0.29, 0.717) is 6.04 Å². The molecule has 1 aromatic heterocycles. The van der Waals surface area contributed by atoms with Gasteiger partial charge in [0.1, 0.15) is 0 Å². The van der Waals surface area contributed by atoms with E-state index in [2.05, 4.69) is 64.0 Å². The molecule has 1 aromatic rings. The lowest BCUT2D eigenvalue weighted by molar-refractivity contribution is 0.0397. The molecule has 4 heteroatoms. The predicted molar refractivity (Wildman–Crippen MR) is 83.1 cm³/mol. The molecule has 1 saturated heterocycles. The number of aromatic nitrogens is 1. The van der Waals surface area contributed by atoms with Crippen LogP contribution >= 0.6 is 15.9 Å². The van der Waals surface area contributed by atoms with Gasteiger partial charge in [0.05, 0.1) is 5.69 Å². The molecule has 19 heavy (non-hydrogen) atoms. The van der Waals surface area contributed by atoms with E-state index in [1.165, 1.54) is 6.42 Å². The van der Waals surface area contributed by atoms with E-state index in [0.717, 1.165) is 36.2 Å². The first-order chi connectivity index (χ1) is 9.07. The van der Waals surface area contributed by atoms with Gasteiger partial charge in [-0.05, 0) is 47.8 Å². The van der Waals surface area contributed by atoms with E-state index < -0.39 is 0 Å². The van der Waals surface area contributed by atoms with Gasteiger partial charge in [-0.1, -0.05) is 13.8 Å². The van der Waals surface area contributed by atoms with E-state index in [1.807, 2.05) is 6.20 Å². The van der Waals surface area contributed by atoms with Crippen molar-refractivity contribution in [1.29, 1.82) is 0 Å². The molecule has 0 aliphatic carbocycles. The SMILES string of the molecule is CCC1CN(Cc2ccc(Br)cn2)C(C)(CC)CN1. The van der Waals surface area contributed by atoms with Gasteiger partial charge in [0.25, 0.3) is 0 Å². The van der Waals surface area contributed by atoms with Crippen molar-refractivity contribution in [2.24, 2.45) is 0 Å². The van der Waals surface area contributed by atoms with Crippen LogP contribution in [0.25, 0.3) is 0 Å². The van der Waals surface area contributed by atoms with Crippen molar-refractivity contribution in [3.63, 3.8) is 0 Å². The monoisotopic (exact) mass is 325 g/mol. The highest BCUT2D eigenvalue weighted by atomic mass is 79.9. The Morgan fingerprint density at radius 2 is 2.26 bits per heavy atom. The van der Waals surface area contributed by atoms with Gasteiger partial charge in [0, 0.05) is 41.9 Å². The van der Waals surface area contributed by atoms with Crippen molar-refractivity contribution in [2.75, 3.05) is 13.1 Å². The van der Waals surface area contributed by atoms with Gasteiger partial charge >= 0.3 is 0 Å². The fourth-order valence-corrected chi connectivity index (χ4v) is 2.83. The minimum atomic E-state index is 0.237. The van der Waals surface area contributed by atoms with Crippen molar-refractivity contribution in [3.8, 4) is 0 Å². The summed E-state index contributed by atoms with van der Waals surface area (Å²) in [4.78, 5) is 7.11.